The van der Waals surface area contributed by atoms with Crippen LogP contribution in [0.3, 0.4) is 0 Å². The number of rotatable bonds is 3. The second-order valence-electron chi connectivity index (χ2n) is 2.99. The Morgan fingerprint density at radius 1 is 1.31 bits per heavy atom. The van der Waals surface area contributed by atoms with E-state index in [0.717, 1.165) is 6.08 Å². The molecular formula is C11H9F3O2. The standard InChI is InChI=1S/C11H9F3O2/c1-16-10-3-2-8(6-9(10)7-15)4-5-11(12,13)14/h2-7H,1H3/b5-4+. The van der Waals surface area contributed by atoms with Crippen LogP contribution in [0.4, 0.5) is 13.2 Å². The Labute approximate surface area is 90.3 Å². The number of alkyl halides is 3. The number of halogens is 3. The lowest BCUT2D eigenvalue weighted by molar-refractivity contribution is -0.0790. The molecule has 0 N–H and O–H groups in total. The largest absolute Gasteiger partial charge is 0.496 e. The highest BCUT2D eigenvalue weighted by atomic mass is 19.4. The number of carbonyl (C=O) groups excluding carboxylic acids is 1. The summed E-state index contributed by atoms with van der Waals surface area (Å²) in [6, 6.07) is 4.21. The molecule has 0 fully saturated rings. The SMILES string of the molecule is COc1ccc(/C=C/C(F)(F)F)cc1C=O. The summed E-state index contributed by atoms with van der Waals surface area (Å²) >= 11 is 0. The number of ether oxygens (including phenoxy) is 1. The molecule has 0 aliphatic rings. The second kappa shape index (κ2) is 4.83. The van der Waals surface area contributed by atoms with Crippen molar-refractivity contribution in [3.8, 4) is 5.75 Å². The number of hydrogen-bond donors (Lipinski definition) is 0. The van der Waals surface area contributed by atoms with E-state index >= 15 is 0 Å². The van der Waals surface area contributed by atoms with Crippen molar-refractivity contribution in [2.75, 3.05) is 7.11 Å². The zero-order valence-corrected chi connectivity index (χ0v) is 8.41. The molecule has 0 saturated heterocycles. The van der Waals surface area contributed by atoms with Crippen molar-refractivity contribution in [1.82, 2.24) is 0 Å². The molecule has 0 amide bonds. The molecule has 0 saturated carbocycles. The van der Waals surface area contributed by atoms with Crippen molar-refractivity contribution in [1.29, 1.82) is 0 Å². The fourth-order valence-corrected chi connectivity index (χ4v) is 1.14. The fourth-order valence-electron chi connectivity index (χ4n) is 1.14. The van der Waals surface area contributed by atoms with Crippen LogP contribution in [0.2, 0.25) is 0 Å². The quantitative estimate of drug-likeness (QED) is 0.746. The maximum Gasteiger partial charge on any atom is 0.409 e. The molecule has 0 atom stereocenters. The molecule has 0 aliphatic carbocycles. The number of aldehydes is 1. The highest BCUT2D eigenvalue weighted by molar-refractivity contribution is 5.80. The van der Waals surface area contributed by atoms with E-state index in [0.29, 0.717) is 17.6 Å². The monoisotopic (exact) mass is 230 g/mol. The minimum atomic E-state index is -4.36. The smallest absolute Gasteiger partial charge is 0.409 e. The van der Waals surface area contributed by atoms with Gasteiger partial charge in [-0.2, -0.15) is 13.2 Å². The molecule has 0 radical (unpaired) electrons. The summed E-state index contributed by atoms with van der Waals surface area (Å²) < 4.78 is 40.5. The van der Waals surface area contributed by atoms with E-state index in [1.807, 2.05) is 0 Å². The molecule has 2 nitrogen and oxygen atoms in total. The summed E-state index contributed by atoms with van der Waals surface area (Å²) in [7, 11) is 1.38. The van der Waals surface area contributed by atoms with E-state index in [2.05, 4.69) is 0 Å². The van der Waals surface area contributed by atoms with Gasteiger partial charge in [-0.05, 0) is 17.7 Å². The summed E-state index contributed by atoms with van der Waals surface area (Å²) in [5, 5.41) is 0. The molecule has 16 heavy (non-hydrogen) atoms. The first kappa shape index (κ1) is 12.3. The van der Waals surface area contributed by atoms with Crippen LogP contribution in [0.15, 0.2) is 24.3 Å². The molecule has 0 bridgehead atoms. The predicted octanol–water partition coefficient (Wildman–Crippen LogP) is 3.08. The van der Waals surface area contributed by atoms with Crippen molar-refractivity contribution >= 4 is 12.4 Å². The average molecular weight is 230 g/mol. The number of benzene rings is 1. The van der Waals surface area contributed by atoms with Crippen molar-refractivity contribution in [3.05, 3.63) is 35.4 Å². The van der Waals surface area contributed by atoms with Gasteiger partial charge >= 0.3 is 6.18 Å². The van der Waals surface area contributed by atoms with Crippen LogP contribution in [0.5, 0.6) is 5.75 Å². The number of allylic oxidation sites excluding steroid dienone is 1. The first-order valence-corrected chi connectivity index (χ1v) is 4.35. The van der Waals surface area contributed by atoms with Crippen LogP contribution in [-0.2, 0) is 0 Å². The Balaban J connectivity index is 3.00. The topological polar surface area (TPSA) is 26.3 Å². The lowest BCUT2D eigenvalue weighted by Gasteiger charge is -2.04. The maximum absolute atomic E-state index is 11.9. The molecule has 1 aromatic carbocycles. The van der Waals surface area contributed by atoms with Gasteiger partial charge in [-0.15, -0.1) is 0 Å². The third kappa shape index (κ3) is 3.42. The summed E-state index contributed by atoms with van der Waals surface area (Å²) in [5.41, 5.74) is 0.507. The molecule has 1 rings (SSSR count). The lowest BCUT2D eigenvalue weighted by Crippen LogP contribution is -2.00. The van der Waals surface area contributed by atoms with Crippen molar-refractivity contribution in [2.24, 2.45) is 0 Å². The third-order valence-electron chi connectivity index (χ3n) is 1.85. The van der Waals surface area contributed by atoms with Crippen LogP contribution in [-0.4, -0.2) is 19.6 Å². The second-order valence-corrected chi connectivity index (χ2v) is 2.99. The van der Waals surface area contributed by atoms with Crippen molar-refractivity contribution in [3.63, 3.8) is 0 Å². The Morgan fingerprint density at radius 3 is 2.50 bits per heavy atom. The van der Waals surface area contributed by atoms with E-state index in [1.54, 1.807) is 0 Å². The molecule has 0 spiro atoms. The van der Waals surface area contributed by atoms with Gasteiger partial charge in [-0.25, -0.2) is 0 Å². The first-order chi connectivity index (χ1) is 7.46. The van der Waals surface area contributed by atoms with Crippen LogP contribution in [0, 0.1) is 0 Å². The number of carbonyl (C=O) groups is 1. The van der Waals surface area contributed by atoms with Crippen molar-refractivity contribution in [2.45, 2.75) is 6.18 Å². The number of methoxy groups -OCH3 is 1. The molecular weight excluding hydrogens is 221 g/mol. The highest BCUT2D eigenvalue weighted by Gasteiger charge is 2.21. The van der Waals surface area contributed by atoms with Gasteiger partial charge in [0.2, 0.25) is 0 Å². The molecule has 86 valence electrons. The van der Waals surface area contributed by atoms with Gasteiger partial charge in [0.25, 0.3) is 0 Å². The zero-order valence-electron chi connectivity index (χ0n) is 8.41. The summed E-state index contributed by atoms with van der Waals surface area (Å²) in [6.07, 6.45) is -2.82. The molecule has 0 aromatic heterocycles. The van der Waals surface area contributed by atoms with Crippen molar-refractivity contribution < 1.29 is 22.7 Å². The van der Waals surface area contributed by atoms with Gasteiger partial charge in [-0.1, -0.05) is 12.1 Å². The van der Waals surface area contributed by atoms with Gasteiger partial charge in [0, 0.05) is 6.08 Å². The Bertz CT molecular complexity index is 408. The van der Waals surface area contributed by atoms with Crippen LogP contribution in [0.1, 0.15) is 15.9 Å². The number of hydrogen-bond acceptors (Lipinski definition) is 2. The van der Waals surface area contributed by atoms with Gasteiger partial charge in [-0.3, -0.25) is 4.79 Å². The minimum Gasteiger partial charge on any atom is -0.496 e. The summed E-state index contributed by atoms with van der Waals surface area (Å²) in [5.74, 6) is 0.333. The average Bonchev–Trinajstić information content (AvgIpc) is 2.25. The first-order valence-electron chi connectivity index (χ1n) is 4.35. The lowest BCUT2D eigenvalue weighted by atomic mass is 10.1. The van der Waals surface area contributed by atoms with E-state index in [9.17, 15) is 18.0 Å². The summed E-state index contributed by atoms with van der Waals surface area (Å²) in [4.78, 5) is 10.6. The Morgan fingerprint density at radius 2 is 2.00 bits per heavy atom. The van der Waals surface area contributed by atoms with E-state index in [4.69, 9.17) is 4.74 Å². The van der Waals surface area contributed by atoms with Gasteiger partial charge in [0.05, 0.1) is 12.7 Å². The fraction of sp³-hybridized carbons (Fsp3) is 0.182. The maximum atomic E-state index is 11.9. The van der Waals surface area contributed by atoms with Gasteiger partial charge < -0.3 is 4.74 Å². The van der Waals surface area contributed by atoms with E-state index < -0.39 is 6.18 Å². The third-order valence-corrected chi connectivity index (χ3v) is 1.85. The van der Waals surface area contributed by atoms with Gasteiger partial charge in [0.15, 0.2) is 6.29 Å². The molecule has 1 aromatic rings. The van der Waals surface area contributed by atoms with Crippen LogP contribution >= 0.6 is 0 Å². The van der Waals surface area contributed by atoms with Crippen LogP contribution in [0.25, 0.3) is 6.08 Å². The highest BCUT2D eigenvalue weighted by Crippen LogP contribution is 2.21. The molecule has 0 heterocycles. The molecule has 0 aliphatic heterocycles. The summed E-state index contributed by atoms with van der Waals surface area (Å²) in [6.45, 7) is 0. The van der Waals surface area contributed by atoms with E-state index in [-0.39, 0.29) is 11.6 Å². The molecule has 0 unspecified atom stereocenters. The molecule has 5 heteroatoms. The normalized spacial score (nSPS) is 11.8. The Hall–Kier alpha value is -1.78. The van der Waals surface area contributed by atoms with E-state index in [1.165, 1.54) is 25.3 Å². The van der Waals surface area contributed by atoms with Crippen LogP contribution < -0.4 is 4.74 Å². The minimum absolute atomic E-state index is 0.114. The Kier molecular flexibility index (Phi) is 3.71. The van der Waals surface area contributed by atoms with Gasteiger partial charge in [0.1, 0.15) is 5.75 Å². The zero-order chi connectivity index (χ0) is 12.2. The predicted molar refractivity (Wildman–Crippen MR) is 53.5 cm³/mol.